The van der Waals surface area contributed by atoms with Gasteiger partial charge in [0.25, 0.3) is 0 Å². The maximum Gasteiger partial charge on any atom is -0.00200 e. The van der Waals surface area contributed by atoms with E-state index in [1.165, 1.54) is 52.4 Å². The van der Waals surface area contributed by atoms with Crippen molar-refractivity contribution < 1.29 is 0 Å². The Hall–Kier alpha value is -0.160. The Labute approximate surface area is 176 Å². The molecule has 4 heterocycles. The van der Waals surface area contributed by atoms with Gasteiger partial charge in [-0.05, 0) is 99.7 Å². The standard InChI is InChI=1S/4C6H13N/c4*1-5-3-7-4-6(5)2/h4*5-7H,3-4H2,1-2H3/t5-,6?;5-,6+;5-,6-;/m0.1./s1. The highest BCUT2D eigenvalue weighted by atomic mass is 14.9. The highest BCUT2D eigenvalue weighted by Crippen LogP contribution is 2.14. The van der Waals surface area contributed by atoms with Gasteiger partial charge in [0.05, 0.1) is 0 Å². The lowest BCUT2D eigenvalue weighted by atomic mass is 10.0. The van der Waals surface area contributed by atoms with Crippen LogP contribution >= 0.6 is 0 Å². The van der Waals surface area contributed by atoms with Crippen LogP contribution in [0.4, 0.5) is 0 Å². The number of nitrogens with one attached hydrogen (secondary N) is 4. The molecule has 4 rings (SSSR count). The van der Waals surface area contributed by atoms with E-state index in [4.69, 9.17) is 0 Å². The van der Waals surface area contributed by atoms with Gasteiger partial charge >= 0.3 is 0 Å². The van der Waals surface area contributed by atoms with Crippen molar-refractivity contribution in [1.29, 1.82) is 0 Å². The normalized spacial score (nSPS) is 42.0. The van der Waals surface area contributed by atoms with Crippen LogP contribution in [0.25, 0.3) is 0 Å². The van der Waals surface area contributed by atoms with Crippen molar-refractivity contribution in [2.45, 2.75) is 55.4 Å². The number of hydrogen-bond acceptors (Lipinski definition) is 4. The summed E-state index contributed by atoms with van der Waals surface area (Å²) in [6, 6.07) is 0. The Balaban J connectivity index is 0.000000187. The summed E-state index contributed by atoms with van der Waals surface area (Å²) in [4.78, 5) is 0. The Kier molecular flexibility index (Phi) is 12.9. The van der Waals surface area contributed by atoms with Crippen molar-refractivity contribution in [3.8, 4) is 0 Å². The maximum atomic E-state index is 3.32. The molecule has 4 nitrogen and oxygen atoms in total. The molecule has 4 aliphatic heterocycles. The molecule has 0 aromatic rings. The van der Waals surface area contributed by atoms with Crippen LogP contribution in [0.3, 0.4) is 0 Å². The third-order valence-corrected chi connectivity index (χ3v) is 7.62. The van der Waals surface area contributed by atoms with E-state index >= 15 is 0 Å². The average Bonchev–Trinajstić information content (AvgIpc) is 3.41. The molecule has 4 saturated heterocycles. The smallest absolute Gasteiger partial charge is 0.00200 e. The molecular weight excluding hydrogens is 344 g/mol. The minimum absolute atomic E-state index is 0.903. The molecule has 3 unspecified atom stereocenters. The first-order chi connectivity index (χ1) is 13.2. The van der Waals surface area contributed by atoms with E-state index in [-0.39, 0.29) is 0 Å². The summed E-state index contributed by atoms with van der Waals surface area (Å²) in [5.74, 6) is 7.22. The summed E-state index contributed by atoms with van der Waals surface area (Å²) in [6.45, 7) is 28.2. The lowest BCUT2D eigenvalue weighted by Crippen LogP contribution is -2.06. The van der Waals surface area contributed by atoms with Crippen LogP contribution in [0.5, 0.6) is 0 Å². The Morgan fingerprint density at radius 3 is 0.429 bits per heavy atom. The van der Waals surface area contributed by atoms with Gasteiger partial charge in [-0.25, -0.2) is 0 Å². The predicted octanol–water partition coefficient (Wildman–Crippen LogP) is 3.45. The average molecular weight is 397 g/mol. The van der Waals surface area contributed by atoms with Crippen LogP contribution in [0, 0.1) is 47.3 Å². The van der Waals surface area contributed by atoms with E-state index in [0.717, 1.165) is 47.3 Å². The molecule has 0 bridgehead atoms. The second kappa shape index (κ2) is 14.0. The van der Waals surface area contributed by atoms with Gasteiger partial charge in [-0.3, -0.25) is 0 Å². The van der Waals surface area contributed by atoms with Crippen molar-refractivity contribution in [2.75, 3.05) is 52.4 Å². The van der Waals surface area contributed by atoms with Crippen molar-refractivity contribution in [3.05, 3.63) is 0 Å². The monoisotopic (exact) mass is 396 g/mol. The first-order valence-electron chi connectivity index (χ1n) is 12.0. The van der Waals surface area contributed by atoms with E-state index in [2.05, 4.69) is 76.7 Å². The molecule has 0 aromatic heterocycles. The second-order valence-electron chi connectivity index (χ2n) is 10.5. The van der Waals surface area contributed by atoms with Crippen LogP contribution < -0.4 is 21.3 Å². The van der Waals surface area contributed by atoms with Crippen molar-refractivity contribution in [2.24, 2.45) is 47.3 Å². The van der Waals surface area contributed by atoms with Gasteiger partial charge in [0, 0.05) is 0 Å². The molecule has 0 saturated carbocycles. The van der Waals surface area contributed by atoms with Gasteiger partial charge in [0.2, 0.25) is 0 Å². The molecule has 4 aliphatic rings. The molecule has 168 valence electrons. The zero-order valence-corrected chi connectivity index (χ0v) is 20.3. The highest BCUT2D eigenvalue weighted by Gasteiger charge is 2.18. The van der Waals surface area contributed by atoms with E-state index in [9.17, 15) is 0 Å². The Morgan fingerprint density at radius 2 is 0.393 bits per heavy atom. The Morgan fingerprint density at radius 1 is 0.286 bits per heavy atom. The van der Waals surface area contributed by atoms with Crippen LogP contribution in [-0.2, 0) is 0 Å². The van der Waals surface area contributed by atoms with Crippen LogP contribution in [0.2, 0.25) is 0 Å². The molecular formula is C24H52N4. The summed E-state index contributed by atoms with van der Waals surface area (Å²) in [5, 5.41) is 13.3. The SMILES string of the molecule is CC1CNCC1C.CC1CNC[C@@H]1C.C[C@@H]1CNC[C@@H]1C.C[C@@H]1CNC[C@H]1C. The molecule has 0 radical (unpaired) electrons. The molecule has 0 aromatic carbocycles. The summed E-state index contributed by atoms with van der Waals surface area (Å²) in [6.07, 6.45) is 0. The minimum atomic E-state index is 0.903. The van der Waals surface area contributed by atoms with Gasteiger partial charge in [0.15, 0.2) is 0 Å². The van der Waals surface area contributed by atoms with E-state index in [1.807, 2.05) is 0 Å². The molecule has 4 heteroatoms. The lowest BCUT2D eigenvalue weighted by Gasteiger charge is -2.03. The topological polar surface area (TPSA) is 48.1 Å². The van der Waals surface area contributed by atoms with E-state index in [0.29, 0.717) is 0 Å². The van der Waals surface area contributed by atoms with Gasteiger partial charge in [-0.2, -0.15) is 0 Å². The molecule has 4 fully saturated rings. The maximum absolute atomic E-state index is 3.32. The zero-order valence-electron chi connectivity index (χ0n) is 20.3. The van der Waals surface area contributed by atoms with Gasteiger partial charge in [0.1, 0.15) is 0 Å². The van der Waals surface area contributed by atoms with Crippen LogP contribution in [0.15, 0.2) is 0 Å². The third kappa shape index (κ3) is 10.0. The Bertz CT molecular complexity index is 285. The van der Waals surface area contributed by atoms with E-state index < -0.39 is 0 Å². The lowest BCUT2D eigenvalue weighted by molar-refractivity contribution is 0.494. The predicted molar refractivity (Wildman–Crippen MR) is 125 cm³/mol. The summed E-state index contributed by atoms with van der Waals surface area (Å²) in [7, 11) is 0. The van der Waals surface area contributed by atoms with Crippen molar-refractivity contribution in [3.63, 3.8) is 0 Å². The highest BCUT2D eigenvalue weighted by molar-refractivity contribution is 4.75. The molecule has 4 N–H and O–H groups in total. The van der Waals surface area contributed by atoms with Crippen LogP contribution in [-0.4, -0.2) is 52.4 Å². The molecule has 8 atom stereocenters. The quantitative estimate of drug-likeness (QED) is 0.506. The number of hydrogen-bond donors (Lipinski definition) is 4. The molecule has 0 aliphatic carbocycles. The summed E-state index contributed by atoms with van der Waals surface area (Å²) in [5.41, 5.74) is 0. The van der Waals surface area contributed by atoms with Crippen molar-refractivity contribution >= 4 is 0 Å². The zero-order chi connectivity index (χ0) is 21.1. The fourth-order valence-corrected chi connectivity index (χ4v) is 3.76. The first-order valence-corrected chi connectivity index (χ1v) is 12.0. The van der Waals surface area contributed by atoms with Gasteiger partial charge < -0.3 is 21.3 Å². The minimum Gasteiger partial charge on any atom is -0.316 e. The second-order valence-corrected chi connectivity index (χ2v) is 10.5. The molecule has 0 amide bonds. The first kappa shape index (κ1) is 25.9. The fourth-order valence-electron chi connectivity index (χ4n) is 3.76. The number of rotatable bonds is 0. The van der Waals surface area contributed by atoms with Crippen LogP contribution in [0.1, 0.15) is 55.4 Å². The molecule has 28 heavy (non-hydrogen) atoms. The van der Waals surface area contributed by atoms with E-state index in [1.54, 1.807) is 0 Å². The third-order valence-electron chi connectivity index (χ3n) is 7.62. The largest absolute Gasteiger partial charge is 0.316 e. The van der Waals surface area contributed by atoms with Gasteiger partial charge in [-0.15, -0.1) is 0 Å². The summed E-state index contributed by atoms with van der Waals surface area (Å²) >= 11 is 0. The van der Waals surface area contributed by atoms with Gasteiger partial charge in [-0.1, -0.05) is 55.4 Å². The molecule has 0 spiro atoms. The van der Waals surface area contributed by atoms with Crippen molar-refractivity contribution in [1.82, 2.24) is 21.3 Å². The summed E-state index contributed by atoms with van der Waals surface area (Å²) < 4.78 is 0. The fraction of sp³-hybridized carbons (Fsp3) is 1.00.